The van der Waals surface area contributed by atoms with Crippen LogP contribution in [0.2, 0.25) is 0 Å². The van der Waals surface area contributed by atoms with Crippen molar-refractivity contribution in [1.29, 1.82) is 5.26 Å². The first-order valence-corrected chi connectivity index (χ1v) is 9.55. The average Bonchev–Trinajstić information content (AvgIpc) is 2.60. The first-order chi connectivity index (χ1) is 12.3. The molecule has 1 aromatic heterocycles. The molecule has 1 saturated heterocycles. The van der Waals surface area contributed by atoms with Gasteiger partial charge in [-0.05, 0) is 26.3 Å². The maximum atomic E-state index is 11.2. The lowest BCUT2D eigenvalue weighted by Crippen LogP contribution is -2.43. The van der Waals surface area contributed by atoms with E-state index in [-0.39, 0.29) is 5.60 Å². The number of carboxylic acid groups (broad SMARTS) is 1. The molecule has 1 fully saturated rings. The molecule has 2 aliphatic heterocycles. The highest BCUT2D eigenvalue weighted by atomic mass is 32.2. The molecule has 0 amide bonds. The predicted octanol–water partition coefficient (Wildman–Crippen LogP) is 0.291. The molecule has 1 aromatic rings. The number of carbonyl (C=O) groups is 1. The van der Waals surface area contributed by atoms with Gasteiger partial charge in [-0.15, -0.1) is 0 Å². The molecule has 0 radical (unpaired) electrons. The van der Waals surface area contributed by atoms with Crippen LogP contribution in [0.15, 0.2) is 5.03 Å². The Hall–Kier alpha value is -1.82. The Morgan fingerprint density at radius 2 is 2.08 bits per heavy atom. The summed E-state index contributed by atoms with van der Waals surface area (Å²) in [5.74, 6) is -0.257. The van der Waals surface area contributed by atoms with Crippen LogP contribution in [0.25, 0.3) is 0 Å². The second-order valence-corrected chi connectivity index (χ2v) is 8.50. The second kappa shape index (κ2) is 7.43. The van der Waals surface area contributed by atoms with E-state index in [0.717, 1.165) is 41.8 Å². The summed E-state index contributed by atoms with van der Waals surface area (Å²) in [5, 5.41) is 20.8. The number of nitrogens with zero attached hydrogens (tertiary/aromatic N) is 2. The number of carbonyl (C=O) groups excluding carboxylic acids is 1. The van der Waals surface area contributed by atoms with Crippen LogP contribution in [-0.2, 0) is 27.3 Å². The number of carboxylic acids is 1. The number of aromatic amines is 1. The SMILES string of the molecule is C[C@H](Sc1[nH+]c(N2CCOCC2)c2c(c1C#N)CC(C)(C)OC2)C(=O)[O-]. The Bertz CT molecular complexity index is 754. The summed E-state index contributed by atoms with van der Waals surface area (Å²) < 4.78 is 11.4. The molecule has 26 heavy (non-hydrogen) atoms. The van der Waals surface area contributed by atoms with E-state index in [1.54, 1.807) is 6.92 Å². The van der Waals surface area contributed by atoms with E-state index in [1.165, 1.54) is 0 Å². The molecule has 0 aromatic carbocycles. The number of hydrogen-bond donors (Lipinski definition) is 0. The van der Waals surface area contributed by atoms with Gasteiger partial charge in [-0.2, -0.15) is 5.26 Å². The monoisotopic (exact) mass is 377 g/mol. The van der Waals surface area contributed by atoms with Gasteiger partial charge in [0.2, 0.25) is 0 Å². The van der Waals surface area contributed by atoms with E-state index in [9.17, 15) is 15.2 Å². The predicted molar refractivity (Wildman–Crippen MR) is 93.6 cm³/mol. The zero-order chi connectivity index (χ0) is 18.9. The number of aromatic nitrogens is 1. The lowest BCUT2D eigenvalue weighted by atomic mass is 9.89. The van der Waals surface area contributed by atoms with Crippen molar-refractivity contribution in [1.82, 2.24) is 0 Å². The van der Waals surface area contributed by atoms with Crippen molar-refractivity contribution in [2.45, 2.75) is 49.7 Å². The van der Waals surface area contributed by atoms with Gasteiger partial charge in [0.15, 0.2) is 5.03 Å². The molecule has 8 heteroatoms. The normalized spacial score (nSPS) is 20.2. The van der Waals surface area contributed by atoms with Gasteiger partial charge in [0.05, 0.1) is 37.0 Å². The molecular formula is C18H23N3O4S. The summed E-state index contributed by atoms with van der Waals surface area (Å²) in [6, 6.07) is 2.27. The van der Waals surface area contributed by atoms with Crippen LogP contribution in [0.5, 0.6) is 0 Å². The highest BCUT2D eigenvalue weighted by Crippen LogP contribution is 2.37. The molecule has 0 unspecified atom stereocenters. The van der Waals surface area contributed by atoms with Gasteiger partial charge in [-0.1, -0.05) is 11.8 Å². The Morgan fingerprint density at radius 1 is 1.38 bits per heavy atom. The highest BCUT2D eigenvalue weighted by molar-refractivity contribution is 8.00. The molecule has 1 atom stereocenters. The quantitative estimate of drug-likeness (QED) is 0.695. The minimum Gasteiger partial charge on any atom is -0.549 e. The number of anilines is 1. The van der Waals surface area contributed by atoms with Gasteiger partial charge in [0.25, 0.3) is 5.82 Å². The summed E-state index contributed by atoms with van der Waals surface area (Å²) in [4.78, 5) is 16.7. The Kier molecular flexibility index (Phi) is 5.42. The van der Waals surface area contributed by atoms with Crippen LogP contribution in [-0.4, -0.2) is 43.1 Å². The number of ether oxygens (including phenoxy) is 2. The fourth-order valence-electron chi connectivity index (χ4n) is 3.26. The van der Waals surface area contributed by atoms with Gasteiger partial charge in [0.1, 0.15) is 24.7 Å². The number of morpholine rings is 1. The van der Waals surface area contributed by atoms with Crippen molar-refractivity contribution >= 4 is 23.5 Å². The zero-order valence-electron chi connectivity index (χ0n) is 15.3. The highest BCUT2D eigenvalue weighted by Gasteiger charge is 2.36. The third-order valence-electron chi connectivity index (χ3n) is 4.69. The molecular weight excluding hydrogens is 354 g/mol. The fourth-order valence-corrected chi connectivity index (χ4v) is 4.15. The summed E-state index contributed by atoms with van der Waals surface area (Å²) in [7, 11) is 0. The Labute approximate surface area is 157 Å². The number of hydrogen-bond acceptors (Lipinski definition) is 7. The molecule has 0 bridgehead atoms. The first-order valence-electron chi connectivity index (χ1n) is 8.67. The van der Waals surface area contributed by atoms with Crippen molar-refractivity contribution in [3.05, 3.63) is 16.7 Å². The van der Waals surface area contributed by atoms with Gasteiger partial charge in [0, 0.05) is 11.7 Å². The number of nitriles is 1. The van der Waals surface area contributed by atoms with Crippen LogP contribution in [0.4, 0.5) is 5.82 Å². The van der Waals surface area contributed by atoms with Crippen molar-refractivity contribution in [3.8, 4) is 6.07 Å². The third-order valence-corrected chi connectivity index (χ3v) is 5.77. The summed E-state index contributed by atoms with van der Waals surface area (Å²) in [6.07, 6.45) is 0.602. The van der Waals surface area contributed by atoms with Crippen LogP contribution < -0.4 is 15.0 Å². The van der Waals surface area contributed by atoms with Gasteiger partial charge in [-0.25, -0.2) is 4.98 Å². The molecule has 3 rings (SSSR count). The molecule has 140 valence electrons. The number of pyridine rings is 1. The minimum absolute atomic E-state index is 0.371. The molecule has 2 aliphatic rings. The summed E-state index contributed by atoms with van der Waals surface area (Å²) in [5.41, 5.74) is 2.06. The second-order valence-electron chi connectivity index (χ2n) is 7.15. The summed E-state index contributed by atoms with van der Waals surface area (Å²) in [6.45, 7) is 8.71. The van der Waals surface area contributed by atoms with Crippen LogP contribution in [0, 0.1) is 11.3 Å². The molecule has 3 heterocycles. The van der Waals surface area contributed by atoms with Gasteiger partial charge < -0.3 is 19.4 Å². The summed E-state index contributed by atoms with van der Waals surface area (Å²) >= 11 is 1.12. The van der Waals surface area contributed by atoms with E-state index < -0.39 is 11.2 Å². The van der Waals surface area contributed by atoms with E-state index in [2.05, 4.69) is 16.0 Å². The first kappa shape index (κ1) is 19.0. The number of fused-ring (bicyclic) bond motifs is 1. The maximum Gasteiger partial charge on any atom is 0.281 e. The zero-order valence-corrected chi connectivity index (χ0v) is 16.1. The van der Waals surface area contributed by atoms with E-state index in [4.69, 9.17) is 9.47 Å². The van der Waals surface area contributed by atoms with E-state index in [0.29, 0.717) is 36.8 Å². The number of rotatable bonds is 4. The number of nitrogens with one attached hydrogen (secondary N) is 1. The molecule has 0 saturated carbocycles. The Balaban J connectivity index is 2.12. The number of aliphatic carboxylic acids is 1. The minimum atomic E-state index is -1.15. The topological polar surface area (TPSA) is 99.8 Å². The third kappa shape index (κ3) is 3.80. The molecule has 1 N–H and O–H groups in total. The van der Waals surface area contributed by atoms with Crippen molar-refractivity contribution in [2.75, 3.05) is 31.2 Å². The largest absolute Gasteiger partial charge is 0.549 e. The van der Waals surface area contributed by atoms with Crippen molar-refractivity contribution in [3.63, 3.8) is 0 Å². The van der Waals surface area contributed by atoms with Crippen LogP contribution >= 0.6 is 11.8 Å². The lowest BCUT2D eigenvalue weighted by molar-refractivity contribution is -0.415. The maximum absolute atomic E-state index is 11.2. The molecule has 0 aliphatic carbocycles. The number of thioether (sulfide) groups is 1. The smallest absolute Gasteiger partial charge is 0.281 e. The Morgan fingerprint density at radius 3 is 2.69 bits per heavy atom. The lowest BCUT2D eigenvalue weighted by Gasteiger charge is -2.34. The van der Waals surface area contributed by atoms with Crippen molar-refractivity contribution < 1.29 is 24.4 Å². The van der Waals surface area contributed by atoms with E-state index >= 15 is 0 Å². The average molecular weight is 377 g/mol. The van der Waals surface area contributed by atoms with Crippen molar-refractivity contribution in [2.24, 2.45) is 0 Å². The fraction of sp³-hybridized carbons (Fsp3) is 0.611. The van der Waals surface area contributed by atoms with Crippen LogP contribution in [0.1, 0.15) is 37.5 Å². The van der Waals surface area contributed by atoms with Gasteiger partial charge >= 0.3 is 0 Å². The number of H-pyrrole nitrogens is 1. The standard InChI is InChI=1S/C18H23N3O4S/c1-11(17(22)23)26-16-13(9-19)12-8-18(2,3)25-10-14(12)15(20-16)21-4-6-24-7-5-21/h11H,4-8,10H2,1-3H3,(H,22,23)/t11-/m0/s1. The molecule has 0 spiro atoms. The van der Waals surface area contributed by atoms with Gasteiger partial charge in [-0.3, -0.25) is 4.90 Å². The van der Waals surface area contributed by atoms with E-state index in [1.807, 2.05) is 13.8 Å². The molecule has 7 nitrogen and oxygen atoms in total. The van der Waals surface area contributed by atoms with Crippen LogP contribution in [0.3, 0.4) is 0 Å².